The predicted octanol–water partition coefficient (Wildman–Crippen LogP) is 2.49. The molecule has 3 rings (SSSR count). The van der Waals surface area contributed by atoms with Crippen molar-refractivity contribution in [3.63, 3.8) is 0 Å². The molecule has 0 atom stereocenters. The summed E-state index contributed by atoms with van der Waals surface area (Å²) in [4.78, 5) is 29.9. The molecule has 1 aromatic carbocycles. The second kappa shape index (κ2) is 9.05. The third-order valence-electron chi connectivity index (χ3n) is 4.34. The highest BCUT2D eigenvalue weighted by molar-refractivity contribution is 7.99. The standard InChI is InChI=1S/C19H24N4O3S/c1-3-27-16-7-5-4-6-15(16)19(25)23-10-8-22(9-11-23)13-18(24)20-17-12-14(2)26-21-17/h4-7,12H,3,8-11,13H2,1-2H3,(H,20,21,24). The smallest absolute Gasteiger partial charge is 0.255 e. The lowest BCUT2D eigenvalue weighted by Gasteiger charge is -2.34. The Morgan fingerprint density at radius 3 is 2.63 bits per heavy atom. The predicted molar refractivity (Wildman–Crippen MR) is 105 cm³/mol. The molecule has 0 bridgehead atoms. The summed E-state index contributed by atoms with van der Waals surface area (Å²) in [7, 11) is 0. The number of hydrogen-bond acceptors (Lipinski definition) is 6. The van der Waals surface area contributed by atoms with Crippen molar-refractivity contribution in [1.82, 2.24) is 15.0 Å². The van der Waals surface area contributed by atoms with Gasteiger partial charge in [-0.05, 0) is 24.8 Å². The summed E-state index contributed by atoms with van der Waals surface area (Å²) < 4.78 is 4.94. The first-order valence-electron chi connectivity index (χ1n) is 9.03. The number of hydrogen-bond donors (Lipinski definition) is 1. The molecule has 1 fully saturated rings. The van der Waals surface area contributed by atoms with E-state index in [-0.39, 0.29) is 18.4 Å². The summed E-state index contributed by atoms with van der Waals surface area (Å²) in [6, 6.07) is 9.43. The minimum Gasteiger partial charge on any atom is -0.360 e. The number of benzene rings is 1. The van der Waals surface area contributed by atoms with Crippen molar-refractivity contribution in [3.8, 4) is 0 Å². The zero-order valence-electron chi connectivity index (χ0n) is 15.6. The topological polar surface area (TPSA) is 78.7 Å². The number of anilines is 1. The van der Waals surface area contributed by atoms with Gasteiger partial charge in [-0.25, -0.2) is 0 Å². The number of aromatic nitrogens is 1. The Morgan fingerprint density at radius 2 is 1.96 bits per heavy atom. The van der Waals surface area contributed by atoms with Gasteiger partial charge in [0.25, 0.3) is 5.91 Å². The molecule has 0 radical (unpaired) electrons. The Bertz CT molecular complexity index is 800. The molecule has 2 amide bonds. The van der Waals surface area contributed by atoms with E-state index >= 15 is 0 Å². The fourth-order valence-corrected chi connectivity index (χ4v) is 3.81. The molecule has 1 aliphatic heterocycles. The van der Waals surface area contributed by atoms with E-state index in [1.54, 1.807) is 24.8 Å². The van der Waals surface area contributed by atoms with Gasteiger partial charge >= 0.3 is 0 Å². The Morgan fingerprint density at radius 1 is 1.22 bits per heavy atom. The minimum absolute atomic E-state index is 0.0636. The quantitative estimate of drug-likeness (QED) is 0.766. The molecule has 0 spiro atoms. The third-order valence-corrected chi connectivity index (χ3v) is 5.30. The van der Waals surface area contributed by atoms with E-state index in [0.29, 0.717) is 37.8 Å². The van der Waals surface area contributed by atoms with E-state index in [4.69, 9.17) is 4.52 Å². The van der Waals surface area contributed by atoms with Gasteiger partial charge in [0.15, 0.2) is 5.82 Å². The van der Waals surface area contributed by atoms with Crippen LogP contribution in [0.2, 0.25) is 0 Å². The molecule has 0 saturated carbocycles. The van der Waals surface area contributed by atoms with Gasteiger partial charge in [0.2, 0.25) is 5.91 Å². The second-order valence-electron chi connectivity index (χ2n) is 6.37. The van der Waals surface area contributed by atoms with Crippen LogP contribution in [0.4, 0.5) is 5.82 Å². The first-order chi connectivity index (χ1) is 13.1. The number of carbonyl (C=O) groups is 2. The van der Waals surface area contributed by atoms with Crippen molar-refractivity contribution in [2.24, 2.45) is 0 Å². The average Bonchev–Trinajstić information content (AvgIpc) is 3.07. The molecule has 7 nitrogen and oxygen atoms in total. The molecule has 1 saturated heterocycles. The van der Waals surface area contributed by atoms with Crippen LogP contribution in [0, 0.1) is 6.92 Å². The molecule has 1 N–H and O–H groups in total. The lowest BCUT2D eigenvalue weighted by atomic mass is 10.2. The monoisotopic (exact) mass is 388 g/mol. The number of nitrogens with zero attached hydrogens (tertiary/aromatic N) is 3. The van der Waals surface area contributed by atoms with Crippen molar-refractivity contribution in [1.29, 1.82) is 0 Å². The van der Waals surface area contributed by atoms with Gasteiger partial charge in [-0.1, -0.05) is 24.2 Å². The van der Waals surface area contributed by atoms with Crippen molar-refractivity contribution >= 4 is 29.4 Å². The van der Waals surface area contributed by atoms with Crippen molar-refractivity contribution < 1.29 is 14.1 Å². The van der Waals surface area contributed by atoms with Gasteiger partial charge < -0.3 is 14.7 Å². The van der Waals surface area contributed by atoms with E-state index in [1.807, 2.05) is 34.1 Å². The van der Waals surface area contributed by atoms with Crippen LogP contribution in [-0.4, -0.2) is 65.2 Å². The third kappa shape index (κ3) is 5.11. The highest BCUT2D eigenvalue weighted by Gasteiger charge is 2.24. The van der Waals surface area contributed by atoms with Crippen molar-refractivity contribution in [2.75, 3.05) is 43.8 Å². The molecule has 8 heteroatoms. The minimum atomic E-state index is -0.132. The maximum atomic E-state index is 12.9. The molecule has 2 heterocycles. The SMILES string of the molecule is CCSc1ccccc1C(=O)N1CCN(CC(=O)Nc2cc(C)on2)CC1. The second-order valence-corrected chi connectivity index (χ2v) is 7.67. The Labute approximate surface area is 163 Å². The lowest BCUT2D eigenvalue weighted by molar-refractivity contribution is -0.117. The molecule has 0 unspecified atom stereocenters. The van der Waals surface area contributed by atoms with E-state index in [9.17, 15) is 9.59 Å². The van der Waals surface area contributed by atoms with E-state index in [2.05, 4.69) is 17.4 Å². The van der Waals surface area contributed by atoms with Crippen LogP contribution >= 0.6 is 11.8 Å². The first-order valence-corrected chi connectivity index (χ1v) is 10.0. The summed E-state index contributed by atoms with van der Waals surface area (Å²) in [5.74, 6) is 1.94. The normalized spacial score (nSPS) is 15.0. The van der Waals surface area contributed by atoms with Crippen LogP contribution in [0.25, 0.3) is 0 Å². The van der Waals surface area contributed by atoms with Gasteiger partial charge in [-0.2, -0.15) is 0 Å². The van der Waals surface area contributed by atoms with Gasteiger partial charge in [0.1, 0.15) is 5.76 Å². The Balaban J connectivity index is 1.51. The number of rotatable bonds is 6. The van der Waals surface area contributed by atoms with Gasteiger partial charge in [0.05, 0.1) is 12.1 Å². The van der Waals surface area contributed by atoms with Crippen LogP contribution < -0.4 is 5.32 Å². The maximum Gasteiger partial charge on any atom is 0.255 e. The van der Waals surface area contributed by atoms with E-state index in [1.165, 1.54) is 0 Å². The highest BCUT2D eigenvalue weighted by atomic mass is 32.2. The van der Waals surface area contributed by atoms with E-state index < -0.39 is 0 Å². The van der Waals surface area contributed by atoms with Crippen LogP contribution in [-0.2, 0) is 4.79 Å². The van der Waals surface area contributed by atoms with Gasteiger partial charge in [-0.3, -0.25) is 14.5 Å². The van der Waals surface area contributed by atoms with Crippen LogP contribution in [0.3, 0.4) is 0 Å². The zero-order chi connectivity index (χ0) is 19.2. The first kappa shape index (κ1) is 19.4. The zero-order valence-corrected chi connectivity index (χ0v) is 16.4. The largest absolute Gasteiger partial charge is 0.360 e. The molecule has 0 aliphatic carbocycles. The lowest BCUT2D eigenvalue weighted by Crippen LogP contribution is -2.50. The molecule has 1 aliphatic rings. The van der Waals surface area contributed by atoms with Crippen molar-refractivity contribution in [3.05, 3.63) is 41.7 Å². The number of carbonyl (C=O) groups excluding carboxylic acids is 2. The fraction of sp³-hybridized carbons (Fsp3) is 0.421. The molecular formula is C19H24N4O3S. The molecule has 27 heavy (non-hydrogen) atoms. The number of thioether (sulfide) groups is 1. The molecule has 144 valence electrons. The Hall–Kier alpha value is -2.32. The molecule has 1 aromatic heterocycles. The van der Waals surface area contributed by atoms with E-state index in [0.717, 1.165) is 16.2 Å². The summed E-state index contributed by atoms with van der Waals surface area (Å²) >= 11 is 1.68. The molecular weight excluding hydrogens is 364 g/mol. The van der Waals surface area contributed by atoms with Gasteiger partial charge in [-0.15, -0.1) is 11.8 Å². The average molecular weight is 388 g/mol. The van der Waals surface area contributed by atoms with Crippen LogP contribution in [0.15, 0.2) is 39.8 Å². The summed E-state index contributed by atoms with van der Waals surface area (Å²) in [6.07, 6.45) is 0. The summed E-state index contributed by atoms with van der Waals surface area (Å²) in [5.41, 5.74) is 0.761. The fourth-order valence-electron chi connectivity index (χ4n) is 3.01. The number of nitrogens with one attached hydrogen (secondary N) is 1. The summed E-state index contributed by atoms with van der Waals surface area (Å²) in [5, 5.41) is 6.48. The van der Waals surface area contributed by atoms with Gasteiger partial charge in [0, 0.05) is 37.1 Å². The van der Waals surface area contributed by atoms with Crippen molar-refractivity contribution in [2.45, 2.75) is 18.7 Å². The summed E-state index contributed by atoms with van der Waals surface area (Å²) in [6.45, 7) is 6.68. The highest BCUT2D eigenvalue weighted by Crippen LogP contribution is 2.24. The Kier molecular flexibility index (Phi) is 6.52. The maximum absolute atomic E-state index is 12.9. The number of amides is 2. The van der Waals surface area contributed by atoms with Crippen LogP contribution in [0.5, 0.6) is 0 Å². The van der Waals surface area contributed by atoms with Crippen LogP contribution in [0.1, 0.15) is 23.0 Å². The number of aryl methyl sites for hydroxylation is 1. The number of piperazine rings is 1. The molecule has 2 aromatic rings.